The summed E-state index contributed by atoms with van der Waals surface area (Å²) in [7, 11) is 0. The molecule has 20 heavy (non-hydrogen) atoms. The van der Waals surface area contributed by atoms with E-state index in [1.54, 1.807) is 0 Å². The zero-order chi connectivity index (χ0) is 14.5. The molecule has 0 bridgehead atoms. The SMILES string of the molecule is Cc1cccc(OCCC(=O)NCC(O)C2CC2)c1C. The summed E-state index contributed by atoms with van der Waals surface area (Å²) in [6, 6.07) is 5.90. The van der Waals surface area contributed by atoms with Gasteiger partial charge in [0, 0.05) is 6.54 Å². The molecule has 1 fully saturated rings. The Morgan fingerprint density at radius 3 is 2.90 bits per heavy atom. The summed E-state index contributed by atoms with van der Waals surface area (Å²) in [6.07, 6.45) is 2.07. The van der Waals surface area contributed by atoms with E-state index in [2.05, 4.69) is 5.32 Å². The Balaban J connectivity index is 1.67. The first kappa shape index (κ1) is 14.9. The van der Waals surface area contributed by atoms with Crippen LogP contribution in [0, 0.1) is 19.8 Å². The number of aliphatic hydroxyl groups is 1. The zero-order valence-corrected chi connectivity index (χ0v) is 12.2. The Labute approximate surface area is 120 Å². The van der Waals surface area contributed by atoms with Crippen molar-refractivity contribution in [3.8, 4) is 5.75 Å². The van der Waals surface area contributed by atoms with Crippen LogP contribution in [0.15, 0.2) is 18.2 Å². The Kier molecular flexibility index (Phi) is 5.01. The highest BCUT2D eigenvalue weighted by atomic mass is 16.5. The topological polar surface area (TPSA) is 58.6 Å². The van der Waals surface area contributed by atoms with Gasteiger partial charge in [0.1, 0.15) is 5.75 Å². The first-order valence-corrected chi connectivity index (χ1v) is 7.21. The number of benzene rings is 1. The number of hydrogen-bond acceptors (Lipinski definition) is 3. The number of carbonyl (C=O) groups is 1. The van der Waals surface area contributed by atoms with Crippen molar-refractivity contribution in [2.75, 3.05) is 13.2 Å². The van der Waals surface area contributed by atoms with Gasteiger partial charge in [-0.2, -0.15) is 0 Å². The largest absolute Gasteiger partial charge is 0.493 e. The van der Waals surface area contributed by atoms with Crippen molar-refractivity contribution in [1.29, 1.82) is 0 Å². The highest BCUT2D eigenvalue weighted by Gasteiger charge is 2.29. The van der Waals surface area contributed by atoms with Crippen LogP contribution >= 0.6 is 0 Å². The van der Waals surface area contributed by atoms with E-state index in [1.807, 2.05) is 32.0 Å². The fourth-order valence-corrected chi connectivity index (χ4v) is 2.09. The third kappa shape index (κ3) is 4.23. The van der Waals surface area contributed by atoms with Crippen molar-refractivity contribution in [3.63, 3.8) is 0 Å². The lowest BCUT2D eigenvalue weighted by atomic mass is 10.1. The molecular formula is C16H23NO3. The van der Waals surface area contributed by atoms with Crippen LogP contribution in [0.4, 0.5) is 0 Å². The number of hydrogen-bond donors (Lipinski definition) is 2. The normalized spacial score (nSPS) is 15.8. The molecule has 1 atom stereocenters. The molecular weight excluding hydrogens is 254 g/mol. The van der Waals surface area contributed by atoms with Crippen molar-refractivity contribution < 1.29 is 14.6 Å². The summed E-state index contributed by atoms with van der Waals surface area (Å²) in [5, 5.41) is 12.4. The fourth-order valence-electron chi connectivity index (χ4n) is 2.09. The van der Waals surface area contributed by atoms with Gasteiger partial charge in [-0.15, -0.1) is 0 Å². The lowest BCUT2D eigenvalue weighted by Gasteiger charge is -2.12. The van der Waals surface area contributed by atoms with E-state index in [-0.39, 0.29) is 12.0 Å². The number of aryl methyl sites for hydroxylation is 1. The minimum absolute atomic E-state index is 0.0741. The Hall–Kier alpha value is -1.55. The van der Waals surface area contributed by atoms with E-state index in [1.165, 1.54) is 5.56 Å². The van der Waals surface area contributed by atoms with Crippen LogP contribution in [0.5, 0.6) is 5.75 Å². The molecule has 1 unspecified atom stereocenters. The van der Waals surface area contributed by atoms with Gasteiger partial charge in [0.15, 0.2) is 0 Å². The molecule has 1 amide bonds. The number of nitrogens with one attached hydrogen (secondary N) is 1. The molecule has 4 heteroatoms. The quantitative estimate of drug-likeness (QED) is 0.801. The van der Waals surface area contributed by atoms with Gasteiger partial charge in [-0.25, -0.2) is 0 Å². The van der Waals surface area contributed by atoms with Gasteiger partial charge in [0.25, 0.3) is 0 Å². The smallest absolute Gasteiger partial charge is 0.223 e. The average Bonchev–Trinajstić information content (AvgIpc) is 3.25. The van der Waals surface area contributed by atoms with E-state index in [0.29, 0.717) is 25.5 Å². The van der Waals surface area contributed by atoms with Crippen molar-refractivity contribution >= 4 is 5.91 Å². The summed E-state index contributed by atoms with van der Waals surface area (Å²) in [5.74, 6) is 1.15. The van der Waals surface area contributed by atoms with Crippen molar-refractivity contribution in [1.82, 2.24) is 5.32 Å². The van der Waals surface area contributed by atoms with Gasteiger partial charge in [-0.1, -0.05) is 12.1 Å². The van der Waals surface area contributed by atoms with Crippen LogP contribution in [0.2, 0.25) is 0 Å². The molecule has 4 nitrogen and oxygen atoms in total. The second kappa shape index (κ2) is 6.75. The summed E-state index contributed by atoms with van der Waals surface area (Å²) in [6.45, 7) is 4.76. The number of ether oxygens (including phenoxy) is 1. The Morgan fingerprint density at radius 1 is 1.45 bits per heavy atom. The van der Waals surface area contributed by atoms with Crippen LogP contribution < -0.4 is 10.1 Å². The van der Waals surface area contributed by atoms with E-state index in [0.717, 1.165) is 24.2 Å². The standard InChI is InChI=1S/C16H23NO3/c1-11-4-3-5-15(12(11)2)20-9-8-16(19)17-10-14(18)13-6-7-13/h3-5,13-14,18H,6-10H2,1-2H3,(H,17,19). The van der Waals surface area contributed by atoms with Gasteiger partial charge in [0.2, 0.25) is 5.91 Å². The molecule has 1 aromatic rings. The van der Waals surface area contributed by atoms with Gasteiger partial charge < -0.3 is 15.2 Å². The second-order valence-electron chi connectivity index (χ2n) is 5.51. The van der Waals surface area contributed by atoms with Gasteiger partial charge in [-0.05, 0) is 49.8 Å². The van der Waals surface area contributed by atoms with Gasteiger partial charge in [0.05, 0.1) is 19.1 Å². The van der Waals surface area contributed by atoms with Gasteiger partial charge >= 0.3 is 0 Å². The van der Waals surface area contributed by atoms with Crippen molar-refractivity contribution in [2.45, 2.75) is 39.2 Å². The maximum Gasteiger partial charge on any atom is 0.223 e. The molecule has 0 heterocycles. The highest BCUT2D eigenvalue weighted by Crippen LogP contribution is 2.32. The number of carbonyl (C=O) groups excluding carboxylic acids is 1. The lowest BCUT2D eigenvalue weighted by Crippen LogP contribution is -2.33. The highest BCUT2D eigenvalue weighted by molar-refractivity contribution is 5.76. The molecule has 0 aliphatic heterocycles. The fraction of sp³-hybridized carbons (Fsp3) is 0.562. The van der Waals surface area contributed by atoms with E-state index < -0.39 is 0 Å². The molecule has 1 aliphatic rings. The van der Waals surface area contributed by atoms with Crippen LogP contribution in [0.25, 0.3) is 0 Å². The monoisotopic (exact) mass is 277 g/mol. The van der Waals surface area contributed by atoms with Gasteiger partial charge in [-0.3, -0.25) is 4.79 Å². The van der Waals surface area contributed by atoms with Crippen LogP contribution in [0.1, 0.15) is 30.4 Å². The molecule has 0 aromatic heterocycles. The first-order valence-electron chi connectivity index (χ1n) is 7.21. The van der Waals surface area contributed by atoms with Crippen molar-refractivity contribution in [3.05, 3.63) is 29.3 Å². The minimum Gasteiger partial charge on any atom is -0.493 e. The Morgan fingerprint density at radius 2 is 2.20 bits per heavy atom. The summed E-state index contributed by atoms with van der Waals surface area (Å²) >= 11 is 0. The average molecular weight is 277 g/mol. The summed E-state index contributed by atoms with van der Waals surface area (Å²) < 4.78 is 5.63. The molecule has 1 aromatic carbocycles. The molecule has 1 saturated carbocycles. The Bertz CT molecular complexity index is 469. The van der Waals surface area contributed by atoms with Crippen LogP contribution in [-0.4, -0.2) is 30.3 Å². The van der Waals surface area contributed by atoms with E-state index in [4.69, 9.17) is 4.74 Å². The van der Waals surface area contributed by atoms with E-state index in [9.17, 15) is 9.90 Å². The number of rotatable bonds is 7. The minimum atomic E-state index is -0.390. The predicted molar refractivity (Wildman–Crippen MR) is 77.8 cm³/mol. The van der Waals surface area contributed by atoms with Crippen LogP contribution in [-0.2, 0) is 4.79 Å². The second-order valence-corrected chi connectivity index (χ2v) is 5.51. The molecule has 2 N–H and O–H groups in total. The van der Waals surface area contributed by atoms with Crippen LogP contribution in [0.3, 0.4) is 0 Å². The molecule has 0 radical (unpaired) electrons. The van der Waals surface area contributed by atoms with E-state index >= 15 is 0 Å². The predicted octanol–water partition coefficient (Wildman–Crippen LogP) is 1.96. The summed E-state index contributed by atoms with van der Waals surface area (Å²) in [5.41, 5.74) is 2.29. The molecule has 0 spiro atoms. The maximum absolute atomic E-state index is 11.6. The third-order valence-electron chi connectivity index (χ3n) is 3.82. The molecule has 2 rings (SSSR count). The first-order chi connectivity index (χ1) is 9.58. The molecule has 1 aliphatic carbocycles. The third-order valence-corrected chi connectivity index (χ3v) is 3.82. The lowest BCUT2D eigenvalue weighted by molar-refractivity contribution is -0.122. The number of amides is 1. The summed E-state index contributed by atoms with van der Waals surface area (Å²) in [4.78, 5) is 11.6. The molecule has 110 valence electrons. The zero-order valence-electron chi connectivity index (χ0n) is 12.2. The molecule has 0 saturated heterocycles. The van der Waals surface area contributed by atoms with Crippen molar-refractivity contribution in [2.24, 2.45) is 5.92 Å². The maximum atomic E-state index is 11.6. The number of aliphatic hydroxyl groups excluding tert-OH is 1.